The summed E-state index contributed by atoms with van der Waals surface area (Å²) in [4.78, 5) is 28.9. The van der Waals surface area contributed by atoms with Crippen molar-refractivity contribution in [2.75, 3.05) is 17.9 Å². The quantitative estimate of drug-likeness (QED) is 0.187. The summed E-state index contributed by atoms with van der Waals surface area (Å²) in [6, 6.07) is 25.1. The molecule has 0 unspecified atom stereocenters. The van der Waals surface area contributed by atoms with E-state index in [1.165, 1.54) is 42.3 Å². The fraction of sp³-hybridized carbons (Fsp3) is 0.161. The highest BCUT2D eigenvalue weighted by molar-refractivity contribution is 7.92. The lowest BCUT2D eigenvalue weighted by Crippen LogP contribution is -2.53. The molecule has 0 radical (unpaired) electrons. The monoisotopic (exact) mass is 677 g/mol. The molecule has 1 atom stereocenters. The molecule has 0 aliphatic carbocycles. The number of hydrogen-bond acceptors (Lipinski definition) is 4. The summed E-state index contributed by atoms with van der Waals surface area (Å²) in [5.74, 6) is -1.10. The zero-order valence-corrected chi connectivity index (χ0v) is 26.7. The minimum atomic E-state index is -4.31. The molecule has 0 fully saturated rings. The van der Waals surface area contributed by atoms with Gasteiger partial charge in [0.25, 0.3) is 10.0 Å². The van der Waals surface area contributed by atoms with Crippen molar-refractivity contribution in [3.8, 4) is 0 Å². The molecule has 2 amide bonds. The lowest BCUT2D eigenvalue weighted by atomic mass is 10.0. The molecule has 0 bridgehead atoms. The number of anilines is 1. The van der Waals surface area contributed by atoms with Gasteiger partial charge >= 0.3 is 0 Å². The molecule has 224 valence electrons. The number of sulfonamides is 1. The predicted molar refractivity (Wildman–Crippen MR) is 172 cm³/mol. The fourth-order valence-electron chi connectivity index (χ4n) is 4.47. The average molecular weight is 679 g/mol. The first-order valence-electron chi connectivity index (χ1n) is 13.0. The Kier molecular flexibility index (Phi) is 11.0. The molecule has 0 aliphatic rings. The summed E-state index contributed by atoms with van der Waals surface area (Å²) in [5, 5.41) is 3.52. The number of nitrogens with zero attached hydrogens (tertiary/aromatic N) is 2. The lowest BCUT2D eigenvalue weighted by molar-refractivity contribution is -0.139. The first-order valence-corrected chi connectivity index (χ1v) is 16.0. The van der Waals surface area contributed by atoms with Crippen LogP contribution in [0.3, 0.4) is 0 Å². The molecule has 0 aliphatic heterocycles. The highest BCUT2D eigenvalue weighted by Gasteiger charge is 2.35. The Bertz CT molecular complexity index is 1710. The van der Waals surface area contributed by atoms with Gasteiger partial charge in [0.2, 0.25) is 11.8 Å². The number of nitrogens with one attached hydrogen (secondary N) is 1. The third-order valence-electron chi connectivity index (χ3n) is 6.64. The van der Waals surface area contributed by atoms with E-state index in [0.29, 0.717) is 10.6 Å². The summed E-state index contributed by atoms with van der Waals surface area (Å²) in [6.07, 6.45) is 0.164. The molecule has 7 nitrogen and oxygen atoms in total. The van der Waals surface area contributed by atoms with E-state index in [1.807, 2.05) is 30.3 Å². The second-order valence-corrected chi connectivity index (χ2v) is 13.0. The first-order chi connectivity index (χ1) is 20.5. The minimum absolute atomic E-state index is 0.0143. The van der Waals surface area contributed by atoms with Gasteiger partial charge in [0.15, 0.2) is 0 Å². The molecule has 4 aromatic carbocycles. The van der Waals surface area contributed by atoms with Crippen LogP contribution < -0.4 is 9.62 Å². The van der Waals surface area contributed by atoms with Gasteiger partial charge in [-0.25, -0.2) is 8.42 Å². The van der Waals surface area contributed by atoms with Crippen molar-refractivity contribution in [3.63, 3.8) is 0 Å². The van der Waals surface area contributed by atoms with Crippen LogP contribution in [0.2, 0.25) is 20.1 Å². The Balaban J connectivity index is 1.82. The van der Waals surface area contributed by atoms with Gasteiger partial charge in [0.05, 0.1) is 25.7 Å². The number of hydrogen-bond donors (Lipinski definition) is 1. The number of carbonyl (C=O) groups is 2. The van der Waals surface area contributed by atoms with Crippen LogP contribution >= 0.6 is 46.4 Å². The molecule has 0 saturated heterocycles. The maximum absolute atomic E-state index is 14.3. The lowest BCUT2D eigenvalue weighted by Gasteiger charge is -2.34. The van der Waals surface area contributed by atoms with Crippen LogP contribution in [0, 0.1) is 0 Å². The summed E-state index contributed by atoms with van der Waals surface area (Å²) in [6.45, 7) is -0.746. The van der Waals surface area contributed by atoms with Crippen molar-refractivity contribution >= 4 is 73.9 Å². The van der Waals surface area contributed by atoms with Gasteiger partial charge in [0.1, 0.15) is 12.6 Å². The van der Waals surface area contributed by atoms with Crippen molar-refractivity contribution in [1.82, 2.24) is 10.2 Å². The molecular formula is C31H27Cl4N3O4S. The van der Waals surface area contributed by atoms with Crippen LogP contribution in [-0.2, 0) is 32.6 Å². The maximum atomic E-state index is 14.3. The molecule has 0 saturated carbocycles. The third-order valence-corrected chi connectivity index (χ3v) is 9.71. The van der Waals surface area contributed by atoms with E-state index in [0.717, 1.165) is 9.87 Å². The second kappa shape index (κ2) is 14.5. The van der Waals surface area contributed by atoms with E-state index in [-0.39, 0.29) is 38.6 Å². The summed E-state index contributed by atoms with van der Waals surface area (Å²) in [7, 11) is -2.84. The molecule has 0 heterocycles. The number of carbonyl (C=O) groups excluding carboxylic acids is 2. The number of amides is 2. The Morgan fingerprint density at radius 2 is 1.40 bits per heavy atom. The van der Waals surface area contributed by atoms with Crippen molar-refractivity contribution in [3.05, 3.63) is 128 Å². The van der Waals surface area contributed by atoms with Gasteiger partial charge < -0.3 is 10.2 Å². The van der Waals surface area contributed by atoms with Gasteiger partial charge in [-0.15, -0.1) is 0 Å². The van der Waals surface area contributed by atoms with Crippen LogP contribution in [0.5, 0.6) is 0 Å². The van der Waals surface area contributed by atoms with Crippen molar-refractivity contribution in [2.45, 2.75) is 23.9 Å². The van der Waals surface area contributed by atoms with E-state index < -0.39 is 34.4 Å². The highest BCUT2D eigenvalue weighted by Crippen LogP contribution is 2.33. The number of likely N-dealkylation sites (N-methyl/N-ethyl adjacent to an activating group) is 1. The normalized spacial score (nSPS) is 11.9. The highest BCUT2D eigenvalue weighted by atomic mass is 35.5. The van der Waals surface area contributed by atoms with Gasteiger partial charge in [-0.3, -0.25) is 13.9 Å². The van der Waals surface area contributed by atoms with E-state index in [4.69, 9.17) is 46.4 Å². The minimum Gasteiger partial charge on any atom is -0.357 e. The van der Waals surface area contributed by atoms with Crippen LogP contribution in [0.15, 0.2) is 102 Å². The standard InChI is InChI=1S/C31H27Cl4N3O4S/c1-36-31(40)29(17-21-8-4-2-5-9-21)37(19-22-12-14-25(33)27(35)16-22)30(39)20-38(28-18-23(32)13-15-26(28)34)43(41,42)24-10-6-3-7-11-24/h2-16,18,29H,17,19-20H2,1H3,(H,36,40)/t29-/m1/s1. The van der Waals surface area contributed by atoms with E-state index in [9.17, 15) is 18.0 Å². The fourth-order valence-corrected chi connectivity index (χ4v) is 6.67. The Morgan fingerprint density at radius 3 is 2.02 bits per heavy atom. The van der Waals surface area contributed by atoms with Gasteiger partial charge in [0, 0.05) is 25.0 Å². The second-order valence-electron chi connectivity index (χ2n) is 9.51. The summed E-state index contributed by atoms with van der Waals surface area (Å²) >= 11 is 25.1. The first kappa shape index (κ1) is 32.6. The molecule has 0 aromatic heterocycles. The largest absolute Gasteiger partial charge is 0.357 e. The number of benzene rings is 4. The predicted octanol–water partition coefficient (Wildman–Crippen LogP) is 6.88. The van der Waals surface area contributed by atoms with Crippen molar-refractivity contribution in [2.24, 2.45) is 0 Å². The van der Waals surface area contributed by atoms with Gasteiger partial charge in [-0.2, -0.15) is 0 Å². The Hall–Kier alpha value is -3.27. The molecule has 43 heavy (non-hydrogen) atoms. The zero-order chi connectivity index (χ0) is 31.1. The smallest absolute Gasteiger partial charge is 0.264 e. The van der Waals surface area contributed by atoms with Crippen molar-refractivity contribution < 1.29 is 18.0 Å². The molecule has 0 spiro atoms. The van der Waals surface area contributed by atoms with Gasteiger partial charge in [-0.05, 0) is 53.6 Å². The molecule has 12 heteroatoms. The molecule has 1 N–H and O–H groups in total. The van der Waals surface area contributed by atoms with Crippen LogP contribution in [-0.4, -0.2) is 44.8 Å². The van der Waals surface area contributed by atoms with E-state index in [1.54, 1.807) is 36.4 Å². The molecule has 4 aromatic rings. The maximum Gasteiger partial charge on any atom is 0.264 e. The Morgan fingerprint density at radius 1 is 0.767 bits per heavy atom. The van der Waals surface area contributed by atoms with Crippen molar-refractivity contribution in [1.29, 1.82) is 0 Å². The van der Waals surface area contributed by atoms with E-state index in [2.05, 4.69) is 5.32 Å². The Labute approximate surface area is 271 Å². The molecule has 4 rings (SSSR count). The SMILES string of the molecule is CNC(=O)[C@@H](Cc1ccccc1)N(Cc1ccc(Cl)c(Cl)c1)C(=O)CN(c1cc(Cl)ccc1Cl)S(=O)(=O)c1ccccc1. The van der Waals surface area contributed by atoms with E-state index >= 15 is 0 Å². The third kappa shape index (κ3) is 8.02. The molecular weight excluding hydrogens is 652 g/mol. The van der Waals surface area contributed by atoms with Gasteiger partial charge in [-0.1, -0.05) is 101 Å². The van der Waals surface area contributed by atoms with Crippen LogP contribution in [0.1, 0.15) is 11.1 Å². The average Bonchev–Trinajstić information content (AvgIpc) is 3.01. The topological polar surface area (TPSA) is 86.8 Å². The number of rotatable bonds is 11. The van der Waals surface area contributed by atoms with Crippen LogP contribution in [0.4, 0.5) is 5.69 Å². The zero-order valence-electron chi connectivity index (χ0n) is 22.9. The summed E-state index contributed by atoms with van der Waals surface area (Å²) in [5.41, 5.74) is 1.40. The number of halogens is 4. The summed E-state index contributed by atoms with van der Waals surface area (Å²) < 4.78 is 28.9. The van der Waals surface area contributed by atoms with Crippen LogP contribution in [0.25, 0.3) is 0 Å².